The van der Waals surface area contributed by atoms with Gasteiger partial charge in [-0.2, -0.15) is 4.52 Å². The van der Waals surface area contributed by atoms with Crippen LogP contribution in [0, 0.1) is 5.82 Å². The van der Waals surface area contributed by atoms with Gasteiger partial charge >= 0.3 is 0 Å². The largest absolute Gasteiger partial charge is 0.297 e. The molecule has 8 heteroatoms. The Labute approximate surface area is 151 Å². The van der Waals surface area contributed by atoms with Gasteiger partial charge in [-0.15, -0.1) is 15.3 Å². The van der Waals surface area contributed by atoms with Gasteiger partial charge in [-0.1, -0.05) is 53.8 Å². The second-order valence-corrected chi connectivity index (χ2v) is 6.32. The highest BCUT2D eigenvalue weighted by atomic mass is 32.1. The van der Waals surface area contributed by atoms with Gasteiger partial charge in [0.25, 0.3) is 0 Å². The molecule has 128 valence electrons. The quantitative estimate of drug-likeness (QED) is 0.561. The Morgan fingerprint density at radius 1 is 1.12 bits per heavy atom. The number of fused-ring (bicyclic) bond motifs is 1. The highest BCUT2D eigenvalue weighted by Gasteiger charge is 2.14. The zero-order valence-corrected chi connectivity index (χ0v) is 14.2. The Kier molecular flexibility index (Phi) is 4.24. The van der Waals surface area contributed by atoms with Gasteiger partial charge in [0.15, 0.2) is 5.82 Å². The summed E-state index contributed by atoms with van der Waals surface area (Å²) in [5.41, 5.74) is 1.49. The van der Waals surface area contributed by atoms with Crippen molar-refractivity contribution in [3.8, 4) is 11.4 Å². The first kappa shape index (κ1) is 16.1. The fraction of sp³-hybridized carbons (Fsp3) is 0. The lowest BCUT2D eigenvalue weighted by Crippen LogP contribution is -2.08. The maximum absolute atomic E-state index is 13.4. The van der Waals surface area contributed by atoms with Crippen molar-refractivity contribution in [1.29, 1.82) is 0 Å². The number of halogens is 1. The molecule has 0 saturated heterocycles. The molecule has 0 radical (unpaired) electrons. The summed E-state index contributed by atoms with van der Waals surface area (Å²) in [7, 11) is 0. The van der Waals surface area contributed by atoms with Crippen LogP contribution in [0.2, 0.25) is 0 Å². The Morgan fingerprint density at radius 3 is 2.77 bits per heavy atom. The molecule has 0 atom stereocenters. The first-order valence-corrected chi connectivity index (χ1v) is 8.53. The molecule has 4 aromatic rings. The number of hydrogen-bond acceptors (Lipinski definition) is 5. The molecule has 1 N–H and O–H groups in total. The van der Waals surface area contributed by atoms with Crippen molar-refractivity contribution in [2.24, 2.45) is 0 Å². The van der Waals surface area contributed by atoms with Gasteiger partial charge in [-0.05, 0) is 23.8 Å². The normalized spacial score (nSPS) is 11.3. The van der Waals surface area contributed by atoms with Crippen LogP contribution in [0.1, 0.15) is 5.56 Å². The molecule has 6 nitrogen and oxygen atoms in total. The van der Waals surface area contributed by atoms with Gasteiger partial charge < -0.3 is 0 Å². The van der Waals surface area contributed by atoms with Gasteiger partial charge in [0.05, 0.1) is 0 Å². The molecular formula is C18H12FN5OS. The molecule has 2 aromatic carbocycles. The number of nitrogens with zero attached hydrogens (tertiary/aromatic N) is 4. The SMILES string of the molecule is O=C(/C=C/c1ccccc1)Nc1nn2c(-c3cccc(F)c3)nnc2s1. The van der Waals surface area contributed by atoms with Crippen molar-refractivity contribution in [2.75, 3.05) is 5.32 Å². The third kappa shape index (κ3) is 3.35. The lowest BCUT2D eigenvalue weighted by atomic mass is 10.2. The highest BCUT2D eigenvalue weighted by Crippen LogP contribution is 2.24. The van der Waals surface area contributed by atoms with Crippen molar-refractivity contribution in [2.45, 2.75) is 0 Å². The summed E-state index contributed by atoms with van der Waals surface area (Å²) >= 11 is 1.19. The van der Waals surface area contributed by atoms with Gasteiger partial charge in [0, 0.05) is 11.6 Å². The van der Waals surface area contributed by atoms with E-state index in [1.165, 1.54) is 34.1 Å². The minimum atomic E-state index is -0.367. The van der Waals surface area contributed by atoms with Crippen molar-refractivity contribution in [1.82, 2.24) is 19.8 Å². The average molecular weight is 365 g/mol. The fourth-order valence-corrected chi connectivity index (χ4v) is 3.10. The molecule has 2 heterocycles. The monoisotopic (exact) mass is 365 g/mol. The van der Waals surface area contributed by atoms with Crippen molar-refractivity contribution in [3.63, 3.8) is 0 Å². The number of carbonyl (C=O) groups excluding carboxylic acids is 1. The number of aromatic nitrogens is 4. The second kappa shape index (κ2) is 6.85. The summed E-state index contributed by atoms with van der Waals surface area (Å²) in [5.74, 6) is -0.253. The molecular weight excluding hydrogens is 353 g/mol. The first-order chi connectivity index (χ1) is 12.7. The number of hydrogen-bond donors (Lipinski definition) is 1. The molecule has 1 amide bonds. The number of nitrogens with one attached hydrogen (secondary N) is 1. The zero-order chi connectivity index (χ0) is 17.9. The predicted molar refractivity (Wildman–Crippen MR) is 98.2 cm³/mol. The van der Waals surface area contributed by atoms with Crippen LogP contribution in [0.5, 0.6) is 0 Å². The molecule has 0 spiro atoms. The topological polar surface area (TPSA) is 72.2 Å². The van der Waals surface area contributed by atoms with Crippen LogP contribution in [0.25, 0.3) is 22.4 Å². The molecule has 0 fully saturated rings. The maximum Gasteiger partial charge on any atom is 0.250 e. The molecule has 0 aliphatic carbocycles. The van der Waals surface area contributed by atoms with Crippen LogP contribution >= 0.6 is 11.3 Å². The number of rotatable bonds is 4. The van der Waals surface area contributed by atoms with E-state index in [0.29, 0.717) is 21.5 Å². The summed E-state index contributed by atoms with van der Waals surface area (Å²) in [6.45, 7) is 0. The minimum absolute atomic E-state index is 0.300. The van der Waals surface area contributed by atoms with Crippen LogP contribution in [0.15, 0.2) is 60.7 Å². The summed E-state index contributed by atoms with van der Waals surface area (Å²) < 4.78 is 14.9. The molecule has 26 heavy (non-hydrogen) atoms. The van der Waals surface area contributed by atoms with E-state index in [1.54, 1.807) is 18.2 Å². The number of amides is 1. The van der Waals surface area contributed by atoms with Gasteiger partial charge in [0.1, 0.15) is 5.82 Å². The molecule has 0 saturated carbocycles. The van der Waals surface area contributed by atoms with Crippen molar-refractivity contribution in [3.05, 3.63) is 72.1 Å². The van der Waals surface area contributed by atoms with Crippen molar-refractivity contribution >= 4 is 33.4 Å². The van der Waals surface area contributed by atoms with E-state index in [-0.39, 0.29) is 11.7 Å². The maximum atomic E-state index is 13.4. The molecule has 0 aliphatic heterocycles. The highest BCUT2D eigenvalue weighted by molar-refractivity contribution is 7.20. The van der Waals surface area contributed by atoms with Gasteiger partial charge in [0.2, 0.25) is 16.0 Å². The lowest BCUT2D eigenvalue weighted by molar-refractivity contribution is -0.111. The Balaban J connectivity index is 1.55. The van der Waals surface area contributed by atoms with Crippen LogP contribution in [0.4, 0.5) is 9.52 Å². The average Bonchev–Trinajstić information content (AvgIpc) is 3.21. The minimum Gasteiger partial charge on any atom is -0.297 e. The second-order valence-electron chi connectivity index (χ2n) is 5.37. The predicted octanol–water partition coefficient (Wildman–Crippen LogP) is 3.64. The molecule has 0 bridgehead atoms. The van der Waals surface area contributed by atoms with Crippen molar-refractivity contribution < 1.29 is 9.18 Å². The third-order valence-corrected chi connectivity index (χ3v) is 4.34. The van der Waals surface area contributed by atoms with Crippen LogP contribution in [0.3, 0.4) is 0 Å². The van der Waals surface area contributed by atoms with E-state index < -0.39 is 0 Å². The molecule has 0 unspecified atom stereocenters. The third-order valence-electron chi connectivity index (χ3n) is 3.53. The zero-order valence-electron chi connectivity index (χ0n) is 13.3. The number of anilines is 1. The Hall–Kier alpha value is -3.39. The van der Waals surface area contributed by atoms with E-state index in [9.17, 15) is 9.18 Å². The molecule has 2 aromatic heterocycles. The van der Waals surface area contributed by atoms with E-state index in [0.717, 1.165) is 5.56 Å². The van der Waals surface area contributed by atoms with E-state index >= 15 is 0 Å². The first-order valence-electron chi connectivity index (χ1n) is 7.71. The van der Waals surface area contributed by atoms with Gasteiger partial charge in [-0.3, -0.25) is 10.1 Å². The van der Waals surface area contributed by atoms with E-state index in [2.05, 4.69) is 20.6 Å². The molecule has 0 aliphatic rings. The summed E-state index contributed by atoms with van der Waals surface area (Å²) in [6, 6.07) is 15.5. The lowest BCUT2D eigenvalue weighted by Gasteiger charge is -1.97. The van der Waals surface area contributed by atoms with Gasteiger partial charge in [-0.25, -0.2) is 4.39 Å². The van der Waals surface area contributed by atoms with Crippen LogP contribution in [-0.4, -0.2) is 25.7 Å². The fourth-order valence-electron chi connectivity index (χ4n) is 2.36. The Morgan fingerprint density at radius 2 is 1.96 bits per heavy atom. The summed E-state index contributed by atoms with van der Waals surface area (Å²) in [5, 5.41) is 15.4. The van der Waals surface area contributed by atoms with Crippen LogP contribution in [-0.2, 0) is 4.79 Å². The number of benzene rings is 2. The van der Waals surface area contributed by atoms with E-state index in [4.69, 9.17) is 0 Å². The number of carbonyl (C=O) groups is 1. The molecule has 4 rings (SSSR count). The summed E-state index contributed by atoms with van der Waals surface area (Å²) in [6.07, 6.45) is 3.15. The van der Waals surface area contributed by atoms with Crippen LogP contribution < -0.4 is 5.32 Å². The van der Waals surface area contributed by atoms with E-state index in [1.807, 2.05) is 30.3 Å². The summed E-state index contributed by atoms with van der Waals surface area (Å²) in [4.78, 5) is 12.6. The standard InChI is InChI=1S/C18H12FN5OS/c19-14-8-4-7-13(11-14)16-21-22-18-24(16)23-17(26-18)20-15(25)10-9-12-5-2-1-3-6-12/h1-11H,(H,20,23,25)/b10-9+. The Bertz CT molecular complexity index is 1100. The smallest absolute Gasteiger partial charge is 0.250 e.